The number of hydrogen-bond donors (Lipinski definition) is 2. The molecule has 1 fully saturated rings. The summed E-state index contributed by atoms with van der Waals surface area (Å²) in [5.41, 5.74) is 1.30. The van der Waals surface area contributed by atoms with Crippen LogP contribution in [0.1, 0.15) is 18.2 Å². The van der Waals surface area contributed by atoms with Crippen LogP contribution in [0.25, 0.3) is 0 Å². The van der Waals surface area contributed by atoms with Crippen LogP contribution in [0.5, 0.6) is 0 Å². The standard InChI is InChI=1S/C19H25BrN4S.HI/c1-2-21-19(23-13-18-7-4-10-25-18)22-12-15-8-9-24(14-15)17-6-3-5-16(20)11-17;/h3-7,10-11,15H,2,8-9,12-14H2,1H3,(H2,21,22,23);1H. The Hall–Kier alpha value is -0.800. The normalized spacial score (nSPS) is 17.1. The molecule has 2 N–H and O–H groups in total. The summed E-state index contributed by atoms with van der Waals surface area (Å²) < 4.78 is 1.14. The lowest BCUT2D eigenvalue weighted by molar-refractivity contribution is 0.566. The molecule has 2 aromatic rings. The Morgan fingerprint density at radius 2 is 2.19 bits per heavy atom. The Kier molecular flexibility index (Phi) is 9.21. The molecule has 3 rings (SSSR count). The van der Waals surface area contributed by atoms with E-state index in [0.717, 1.165) is 43.2 Å². The molecule has 7 heteroatoms. The van der Waals surface area contributed by atoms with E-state index in [1.54, 1.807) is 11.3 Å². The van der Waals surface area contributed by atoms with Gasteiger partial charge in [-0.3, -0.25) is 0 Å². The number of guanidine groups is 1. The summed E-state index contributed by atoms with van der Waals surface area (Å²) in [6, 6.07) is 12.8. The number of thiophene rings is 1. The second-order valence-electron chi connectivity index (χ2n) is 6.24. The fraction of sp³-hybridized carbons (Fsp3) is 0.421. The third kappa shape index (κ3) is 6.42. The van der Waals surface area contributed by atoms with Crippen LogP contribution in [0.3, 0.4) is 0 Å². The minimum absolute atomic E-state index is 0. The number of anilines is 1. The quantitative estimate of drug-likeness (QED) is 0.312. The van der Waals surface area contributed by atoms with Gasteiger partial charge < -0.3 is 15.5 Å². The van der Waals surface area contributed by atoms with Gasteiger partial charge in [0.15, 0.2) is 5.96 Å². The number of nitrogens with one attached hydrogen (secondary N) is 2. The molecular formula is C19H26BrIN4S. The predicted octanol–water partition coefficient (Wildman–Crippen LogP) is 4.71. The molecule has 142 valence electrons. The number of aliphatic imine (C=N–C) groups is 1. The van der Waals surface area contributed by atoms with Crippen molar-refractivity contribution < 1.29 is 0 Å². The molecule has 0 aliphatic carbocycles. The highest BCUT2D eigenvalue weighted by molar-refractivity contribution is 14.0. The predicted molar refractivity (Wildman–Crippen MR) is 127 cm³/mol. The van der Waals surface area contributed by atoms with Crippen molar-refractivity contribution in [1.29, 1.82) is 0 Å². The van der Waals surface area contributed by atoms with Crippen LogP contribution in [-0.4, -0.2) is 32.1 Å². The van der Waals surface area contributed by atoms with Gasteiger partial charge in [-0.15, -0.1) is 35.3 Å². The summed E-state index contributed by atoms with van der Waals surface area (Å²) in [7, 11) is 0. The number of benzene rings is 1. The van der Waals surface area contributed by atoms with E-state index in [-0.39, 0.29) is 24.0 Å². The maximum Gasteiger partial charge on any atom is 0.191 e. The minimum Gasteiger partial charge on any atom is -0.371 e. The van der Waals surface area contributed by atoms with Gasteiger partial charge in [0, 0.05) is 41.2 Å². The first-order valence-corrected chi connectivity index (χ1v) is 10.5. The SMILES string of the molecule is CCNC(=NCc1cccs1)NCC1CCN(c2cccc(Br)c2)C1.I. The lowest BCUT2D eigenvalue weighted by atomic mass is 10.1. The van der Waals surface area contributed by atoms with Crippen molar-refractivity contribution >= 4 is 62.9 Å². The van der Waals surface area contributed by atoms with Crippen molar-refractivity contribution in [1.82, 2.24) is 10.6 Å². The molecule has 1 saturated heterocycles. The van der Waals surface area contributed by atoms with Gasteiger partial charge in [-0.25, -0.2) is 4.99 Å². The van der Waals surface area contributed by atoms with Gasteiger partial charge in [0.2, 0.25) is 0 Å². The van der Waals surface area contributed by atoms with E-state index in [0.29, 0.717) is 5.92 Å². The Morgan fingerprint density at radius 3 is 2.92 bits per heavy atom. The van der Waals surface area contributed by atoms with Gasteiger partial charge in [0.05, 0.1) is 6.54 Å². The summed E-state index contributed by atoms with van der Waals surface area (Å²) in [6.07, 6.45) is 1.21. The monoisotopic (exact) mass is 548 g/mol. The van der Waals surface area contributed by atoms with Gasteiger partial charge in [-0.05, 0) is 48.9 Å². The second-order valence-corrected chi connectivity index (χ2v) is 8.18. The van der Waals surface area contributed by atoms with E-state index in [1.165, 1.54) is 17.0 Å². The molecule has 1 aromatic carbocycles. The van der Waals surface area contributed by atoms with Gasteiger partial charge >= 0.3 is 0 Å². The van der Waals surface area contributed by atoms with Gasteiger partial charge in [0.25, 0.3) is 0 Å². The number of halogens is 2. The highest BCUT2D eigenvalue weighted by Crippen LogP contribution is 2.25. The van der Waals surface area contributed by atoms with Gasteiger partial charge in [0.1, 0.15) is 0 Å². The Morgan fingerprint density at radius 1 is 1.31 bits per heavy atom. The first-order chi connectivity index (χ1) is 12.2. The highest BCUT2D eigenvalue weighted by Gasteiger charge is 2.22. The summed E-state index contributed by atoms with van der Waals surface area (Å²) in [5, 5.41) is 8.96. The lowest BCUT2D eigenvalue weighted by Crippen LogP contribution is -2.40. The smallest absolute Gasteiger partial charge is 0.191 e. The van der Waals surface area contributed by atoms with E-state index in [2.05, 4.69) is 80.2 Å². The van der Waals surface area contributed by atoms with Crippen LogP contribution in [0.4, 0.5) is 5.69 Å². The lowest BCUT2D eigenvalue weighted by Gasteiger charge is -2.19. The molecule has 0 amide bonds. The molecule has 1 unspecified atom stereocenters. The Bertz CT molecular complexity index is 693. The van der Waals surface area contributed by atoms with Gasteiger partial charge in [-0.1, -0.05) is 28.1 Å². The van der Waals surface area contributed by atoms with Crippen LogP contribution in [0, 0.1) is 5.92 Å². The van der Waals surface area contributed by atoms with Crippen molar-refractivity contribution in [3.05, 3.63) is 51.1 Å². The van der Waals surface area contributed by atoms with E-state index >= 15 is 0 Å². The molecule has 0 spiro atoms. The molecule has 1 atom stereocenters. The van der Waals surface area contributed by atoms with Crippen LogP contribution in [0.15, 0.2) is 51.2 Å². The first-order valence-electron chi connectivity index (χ1n) is 8.79. The average molecular weight is 549 g/mol. The molecule has 2 heterocycles. The molecular weight excluding hydrogens is 523 g/mol. The molecule has 26 heavy (non-hydrogen) atoms. The third-order valence-corrected chi connectivity index (χ3v) is 5.69. The average Bonchev–Trinajstić information content (AvgIpc) is 3.29. The van der Waals surface area contributed by atoms with Crippen LogP contribution >= 0.6 is 51.2 Å². The molecule has 1 aromatic heterocycles. The fourth-order valence-electron chi connectivity index (χ4n) is 3.05. The third-order valence-electron chi connectivity index (χ3n) is 4.33. The fourth-order valence-corrected chi connectivity index (χ4v) is 4.06. The van der Waals surface area contributed by atoms with Crippen LogP contribution in [-0.2, 0) is 6.54 Å². The summed E-state index contributed by atoms with van der Waals surface area (Å²) in [6.45, 7) is 6.89. The molecule has 1 aliphatic heterocycles. The molecule has 0 bridgehead atoms. The van der Waals surface area contributed by atoms with Crippen LogP contribution < -0.4 is 15.5 Å². The van der Waals surface area contributed by atoms with E-state index in [1.807, 2.05) is 0 Å². The molecule has 1 aliphatic rings. The largest absolute Gasteiger partial charge is 0.371 e. The van der Waals surface area contributed by atoms with Crippen molar-refractivity contribution in [3.8, 4) is 0 Å². The topological polar surface area (TPSA) is 39.7 Å². The highest BCUT2D eigenvalue weighted by atomic mass is 127. The van der Waals surface area contributed by atoms with E-state index in [4.69, 9.17) is 4.99 Å². The van der Waals surface area contributed by atoms with Crippen molar-refractivity contribution in [2.45, 2.75) is 19.9 Å². The summed E-state index contributed by atoms with van der Waals surface area (Å²) >= 11 is 5.32. The number of rotatable bonds is 6. The zero-order valence-electron chi connectivity index (χ0n) is 15.0. The Labute approximate surface area is 185 Å². The summed E-state index contributed by atoms with van der Waals surface area (Å²) in [4.78, 5) is 8.45. The van der Waals surface area contributed by atoms with Gasteiger partial charge in [-0.2, -0.15) is 0 Å². The zero-order valence-corrected chi connectivity index (χ0v) is 19.7. The maximum atomic E-state index is 4.69. The Balaban J connectivity index is 0.00000243. The van der Waals surface area contributed by atoms with Crippen LogP contribution in [0.2, 0.25) is 0 Å². The summed E-state index contributed by atoms with van der Waals surface area (Å²) in [5.74, 6) is 1.56. The second kappa shape index (κ2) is 11.1. The first kappa shape index (κ1) is 21.5. The number of nitrogens with zero attached hydrogens (tertiary/aromatic N) is 2. The zero-order chi connectivity index (χ0) is 17.5. The minimum atomic E-state index is 0. The molecule has 0 saturated carbocycles. The van der Waals surface area contributed by atoms with Crippen molar-refractivity contribution in [3.63, 3.8) is 0 Å². The van der Waals surface area contributed by atoms with Crippen molar-refractivity contribution in [2.75, 3.05) is 31.1 Å². The van der Waals surface area contributed by atoms with E-state index < -0.39 is 0 Å². The molecule has 0 radical (unpaired) electrons. The maximum absolute atomic E-state index is 4.69. The van der Waals surface area contributed by atoms with Crippen molar-refractivity contribution in [2.24, 2.45) is 10.9 Å². The van der Waals surface area contributed by atoms with E-state index in [9.17, 15) is 0 Å². The number of hydrogen-bond acceptors (Lipinski definition) is 3. The molecule has 4 nitrogen and oxygen atoms in total.